The minimum atomic E-state index is 0. The maximum absolute atomic E-state index is 2.46. The van der Waals surface area contributed by atoms with Gasteiger partial charge in [-0.2, -0.15) is 0 Å². The van der Waals surface area contributed by atoms with E-state index in [-0.39, 0.29) is 24.9 Å². The van der Waals surface area contributed by atoms with Crippen LogP contribution in [0.3, 0.4) is 0 Å². The smallest absolute Gasteiger partial charge is 0.0174 e. The van der Waals surface area contributed by atoms with Crippen molar-refractivity contribution >= 4 is 24.9 Å². The van der Waals surface area contributed by atoms with Crippen molar-refractivity contribution in [2.24, 2.45) is 0 Å². The summed E-state index contributed by atoms with van der Waals surface area (Å²) >= 11 is 0. The van der Waals surface area contributed by atoms with Gasteiger partial charge in [0.15, 0.2) is 0 Å². The Labute approximate surface area is 157 Å². The van der Waals surface area contributed by atoms with Crippen LogP contribution in [0.1, 0.15) is 76.7 Å². The molecule has 0 aromatic heterocycles. The van der Waals surface area contributed by atoms with E-state index in [4.69, 9.17) is 0 Å². The van der Waals surface area contributed by atoms with Crippen molar-refractivity contribution in [2.75, 3.05) is 13.3 Å². The Kier molecular flexibility index (Phi) is 15.7. The molecule has 0 nitrogen and oxygen atoms in total. The van der Waals surface area contributed by atoms with Crippen molar-refractivity contribution in [3.05, 3.63) is 35.9 Å². The first-order valence-electron chi connectivity index (χ1n) is 9.44. The lowest BCUT2D eigenvalue weighted by atomic mass is 10.0. The van der Waals surface area contributed by atoms with Crippen molar-refractivity contribution in [1.29, 1.82) is 0 Å². The number of rotatable bonds is 13. The van der Waals surface area contributed by atoms with E-state index >= 15 is 0 Å². The van der Waals surface area contributed by atoms with Crippen LogP contribution in [0, 0.1) is 0 Å². The van der Waals surface area contributed by atoms with Crippen molar-refractivity contribution in [2.45, 2.75) is 83.2 Å². The summed E-state index contributed by atoms with van der Waals surface area (Å²) in [4.78, 5) is 0. The molecule has 0 saturated heterocycles. The molecule has 0 aliphatic heterocycles. The molecule has 0 amide bonds. The Morgan fingerprint density at radius 1 is 0.783 bits per heavy atom. The van der Waals surface area contributed by atoms with Gasteiger partial charge in [-0.05, 0) is 37.4 Å². The molecule has 2 heteroatoms. The quantitative estimate of drug-likeness (QED) is 0.233. The van der Waals surface area contributed by atoms with Crippen molar-refractivity contribution in [3.8, 4) is 0 Å². The number of benzene rings is 1. The average Bonchev–Trinajstić information content (AvgIpc) is 2.53. The fraction of sp³-hybridized carbons (Fsp3) is 0.714. The molecule has 1 rings (SSSR count). The third kappa shape index (κ3) is 12.2. The zero-order chi connectivity index (χ0) is 16.0. The van der Waals surface area contributed by atoms with Crippen molar-refractivity contribution in [3.63, 3.8) is 0 Å². The molecule has 0 saturated carbocycles. The Bertz CT molecular complexity index is 350. The molecule has 1 atom stereocenters. The standard InChI is InChI=1S/C21H37P.BrH/c1-4-5-6-7-8-9-10-11-15-18-21(22(2)3)19-20-16-13-12-14-17-20;/h12-14,16-17,21H,4-11,15,18-19H2,1-3H3;1H. The van der Waals surface area contributed by atoms with E-state index in [1.807, 2.05) is 0 Å². The summed E-state index contributed by atoms with van der Waals surface area (Å²) in [6.07, 6.45) is 15.7. The minimum absolute atomic E-state index is 0. The van der Waals surface area contributed by atoms with Gasteiger partial charge in [-0.3, -0.25) is 0 Å². The lowest BCUT2D eigenvalue weighted by Gasteiger charge is -2.21. The van der Waals surface area contributed by atoms with Gasteiger partial charge in [0.1, 0.15) is 0 Å². The lowest BCUT2D eigenvalue weighted by Crippen LogP contribution is -2.09. The van der Waals surface area contributed by atoms with E-state index in [2.05, 4.69) is 50.6 Å². The Morgan fingerprint density at radius 2 is 1.30 bits per heavy atom. The Hall–Kier alpha value is 0.130. The largest absolute Gasteiger partial charge is 0.114 e. The van der Waals surface area contributed by atoms with Gasteiger partial charge in [0.2, 0.25) is 0 Å². The van der Waals surface area contributed by atoms with Crippen LogP contribution in [0.25, 0.3) is 0 Å². The van der Waals surface area contributed by atoms with E-state index in [0.717, 1.165) is 5.66 Å². The maximum Gasteiger partial charge on any atom is -0.0174 e. The van der Waals surface area contributed by atoms with Crippen molar-refractivity contribution in [1.82, 2.24) is 0 Å². The third-order valence-electron chi connectivity index (χ3n) is 4.69. The van der Waals surface area contributed by atoms with Gasteiger partial charge < -0.3 is 0 Å². The highest BCUT2D eigenvalue weighted by atomic mass is 79.9. The fourth-order valence-corrected chi connectivity index (χ4v) is 4.39. The van der Waals surface area contributed by atoms with Gasteiger partial charge in [-0.15, -0.1) is 24.9 Å². The summed E-state index contributed by atoms with van der Waals surface area (Å²) in [7, 11) is 0.178. The molecule has 1 unspecified atom stereocenters. The van der Waals surface area contributed by atoms with Gasteiger partial charge >= 0.3 is 0 Å². The van der Waals surface area contributed by atoms with Gasteiger partial charge in [0.25, 0.3) is 0 Å². The van der Waals surface area contributed by atoms with Gasteiger partial charge in [0, 0.05) is 0 Å². The normalized spacial score (nSPS) is 12.2. The van der Waals surface area contributed by atoms with Crippen LogP contribution in [-0.2, 0) is 6.42 Å². The molecule has 0 N–H and O–H groups in total. The first-order valence-corrected chi connectivity index (χ1v) is 11.7. The molecule has 0 heterocycles. The first kappa shape index (κ1) is 23.1. The van der Waals surface area contributed by atoms with Gasteiger partial charge in [0.05, 0.1) is 0 Å². The monoisotopic (exact) mass is 400 g/mol. The molecule has 1 aromatic rings. The highest BCUT2D eigenvalue weighted by molar-refractivity contribution is 8.93. The summed E-state index contributed by atoms with van der Waals surface area (Å²) in [5.41, 5.74) is 2.45. The van der Waals surface area contributed by atoms with Crippen LogP contribution in [0.15, 0.2) is 30.3 Å². The minimum Gasteiger partial charge on any atom is -0.114 e. The highest BCUT2D eigenvalue weighted by Gasteiger charge is 2.13. The molecular weight excluding hydrogens is 363 g/mol. The summed E-state index contributed by atoms with van der Waals surface area (Å²) < 4.78 is 0. The van der Waals surface area contributed by atoms with Crippen LogP contribution >= 0.6 is 24.9 Å². The summed E-state index contributed by atoms with van der Waals surface area (Å²) in [6.45, 7) is 7.20. The van der Waals surface area contributed by atoms with Crippen LogP contribution in [-0.4, -0.2) is 19.0 Å². The topological polar surface area (TPSA) is 0 Å². The molecule has 0 aliphatic rings. The summed E-state index contributed by atoms with van der Waals surface area (Å²) in [6, 6.07) is 11.1. The van der Waals surface area contributed by atoms with E-state index in [1.54, 1.807) is 0 Å². The molecule has 23 heavy (non-hydrogen) atoms. The van der Waals surface area contributed by atoms with Crippen LogP contribution in [0.5, 0.6) is 0 Å². The zero-order valence-electron chi connectivity index (χ0n) is 15.6. The van der Waals surface area contributed by atoms with Crippen LogP contribution in [0.2, 0.25) is 0 Å². The second-order valence-electron chi connectivity index (χ2n) is 6.92. The fourth-order valence-electron chi connectivity index (χ4n) is 3.12. The Balaban J connectivity index is 0.00000484. The van der Waals surface area contributed by atoms with Crippen LogP contribution in [0.4, 0.5) is 0 Å². The third-order valence-corrected chi connectivity index (χ3v) is 6.59. The molecule has 0 radical (unpaired) electrons. The SMILES string of the molecule is Br.CCCCCCCCCCCC(Cc1ccccc1)P(C)C. The van der Waals surface area contributed by atoms with Crippen LogP contribution < -0.4 is 0 Å². The molecule has 0 spiro atoms. The summed E-state index contributed by atoms with van der Waals surface area (Å²) in [5.74, 6) is 0. The second kappa shape index (κ2) is 15.6. The number of halogens is 1. The molecule has 1 aromatic carbocycles. The second-order valence-corrected chi connectivity index (χ2v) is 9.58. The number of unbranched alkanes of at least 4 members (excludes halogenated alkanes) is 8. The molecule has 0 aliphatic carbocycles. The average molecular weight is 401 g/mol. The van der Waals surface area contributed by atoms with Gasteiger partial charge in [-0.25, -0.2) is 0 Å². The van der Waals surface area contributed by atoms with Gasteiger partial charge in [-0.1, -0.05) is 95.0 Å². The van der Waals surface area contributed by atoms with E-state index in [1.165, 1.54) is 76.2 Å². The highest BCUT2D eigenvalue weighted by Crippen LogP contribution is 2.37. The number of hydrogen-bond donors (Lipinski definition) is 0. The Morgan fingerprint density at radius 3 is 1.83 bits per heavy atom. The predicted octanol–water partition coefficient (Wildman–Crippen LogP) is 7.84. The molecular formula is C21H38BrP. The molecule has 0 bridgehead atoms. The molecule has 0 fully saturated rings. The van der Waals surface area contributed by atoms with E-state index in [9.17, 15) is 0 Å². The molecule has 134 valence electrons. The number of hydrogen-bond acceptors (Lipinski definition) is 0. The zero-order valence-corrected chi connectivity index (χ0v) is 18.2. The lowest BCUT2D eigenvalue weighted by molar-refractivity contribution is 0.551. The van der Waals surface area contributed by atoms with Crippen molar-refractivity contribution < 1.29 is 0 Å². The first-order chi connectivity index (χ1) is 10.7. The summed E-state index contributed by atoms with van der Waals surface area (Å²) in [5, 5.41) is 0. The predicted molar refractivity (Wildman–Crippen MR) is 115 cm³/mol. The van der Waals surface area contributed by atoms with E-state index < -0.39 is 0 Å². The van der Waals surface area contributed by atoms with E-state index in [0.29, 0.717) is 0 Å². The maximum atomic E-state index is 2.46.